The molecule has 0 aliphatic rings. The number of nitrogens with zero attached hydrogens (tertiary/aromatic N) is 1. The van der Waals surface area contributed by atoms with Crippen molar-refractivity contribution in [1.82, 2.24) is 4.98 Å². The van der Waals surface area contributed by atoms with E-state index in [1.807, 2.05) is 6.07 Å². The second kappa shape index (κ2) is 5.43. The Balaban J connectivity index is 1.99. The number of halogens is 1. The molecule has 0 aliphatic carbocycles. The van der Waals surface area contributed by atoms with Crippen LogP contribution >= 0.6 is 23.1 Å². The van der Waals surface area contributed by atoms with Crippen LogP contribution in [0.4, 0.5) is 4.39 Å². The molecule has 16 heavy (non-hydrogen) atoms. The van der Waals surface area contributed by atoms with E-state index in [-0.39, 0.29) is 12.4 Å². The van der Waals surface area contributed by atoms with Crippen LogP contribution in [0, 0.1) is 5.82 Å². The average Bonchev–Trinajstić information content (AvgIpc) is 2.76. The Labute approximate surface area is 101 Å². The summed E-state index contributed by atoms with van der Waals surface area (Å²) in [7, 11) is 0. The Bertz CT molecular complexity index is 473. The van der Waals surface area contributed by atoms with Crippen molar-refractivity contribution in [3.05, 3.63) is 46.2 Å². The second-order valence-electron chi connectivity index (χ2n) is 3.10. The Hall–Kier alpha value is -0.910. The standard InChI is InChI=1S/C11H10FNOS2/c12-9-3-1-2-4-10(9)15-7-11-13-5-8(6-14)16-11/h1-5,14H,6-7H2. The monoisotopic (exact) mass is 255 g/mol. The Morgan fingerprint density at radius 2 is 2.19 bits per heavy atom. The van der Waals surface area contributed by atoms with Crippen LogP contribution in [0.2, 0.25) is 0 Å². The van der Waals surface area contributed by atoms with Gasteiger partial charge in [-0.1, -0.05) is 12.1 Å². The number of benzene rings is 1. The SMILES string of the molecule is OCc1cnc(CSc2ccccc2F)s1. The number of hydrogen-bond acceptors (Lipinski definition) is 4. The van der Waals surface area contributed by atoms with Crippen molar-refractivity contribution in [2.75, 3.05) is 0 Å². The molecule has 0 saturated heterocycles. The lowest BCUT2D eigenvalue weighted by molar-refractivity contribution is 0.285. The van der Waals surface area contributed by atoms with Crippen LogP contribution in [0.5, 0.6) is 0 Å². The summed E-state index contributed by atoms with van der Waals surface area (Å²) in [6, 6.07) is 6.68. The lowest BCUT2D eigenvalue weighted by Gasteiger charge is -1.99. The van der Waals surface area contributed by atoms with Gasteiger partial charge in [0.25, 0.3) is 0 Å². The fraction of sp³-hybridized carbons (Fsp3) is 0.182. The van der Waals surface area contributed by atoms with Gasteiger partial charge >= 0.3 is 0 Å². The summed E-state index contributed by atoms with van der Waals surface area (Å²) >= 11 is 2.87. The number of aromatic nitrogens is 1. The maximum absolute atomic E-state index is 13.3. The summed E-state index contributed by atoms with van der Waals surface area (Å²) in [5.74, 6) is 0.428. The molecule has 2 nitrogen and oxygen atoms in total. The van der Waals surface area contributed by atoms with Gasteiger partial charge in [0.15, 0.2) is 0 Å². The second-order valence-corrected chi connectivity index (χ2v) is 5.31. The zero-order valence-electron chi connectivity index (χ0n) is 8.39. The van der Waals surface area contributed by atoms with Crippen molar-refractivity contribution in [3.63, 3.8) is 0 Å². The number of thioether (sulfide) groups is 1. The third kappa shape index (κ3) is 2.81. The fourth-order valence-electron chi connectivity index (χ4n) is 1.19. The third-order valence-corrected chi connectivity index (χ3v) is 4.17. The van der Waals surface area contributed by atoms with E-state index >= 15 is 0 Å². The average molecular weight is 255 g/mol. The van der Waals surface area contributed by atoms with Crippen molar-refractivity contribution >= 4 is 23.1 Å². The maximum atomic E-state index is 13.3. The minimum atomic E-state index is -0.202. The van der Waals surface area contributed by atoms with Gasteiger partial charge in [0.2, 0.25) is 0 Å². The van der Waals surface area contributed by atoms with Crippen LogP contribution in [0.1, 0.15) is 9.88 Å². The van der Waals surface area contributed by atoms with Gasteiger partial charge in [0.1, 0.15) is 10.8 Å². The van der Waals surface area contributed by atoms with E-state index in [1.165, 1.54) is 29.2 Å². The number of hydrogen-bond donors (Lipinski definition) is 1. The summed E-state index contributed by atoms with van der Waals surface area (Å²) in [5.41, 5.74) is 0. The third-order valence-electron chi connectivity index (χ3n) is 1.95. The number of aliphatic hydroxyl groups excluding tert-OH is 1. The predicted octanol–water partition coefficient (Wildman–Crippen LogP) is 3.07. The molecule has 0 spiro atoms. The molecule has 0 bridgehead atoms. The van der Waals surface area contributed by atoms with Crippen molar-refractivity contribution < 1.29 is 9.50 Å². The van der Waals surface area contributed by atoms with Crippen LogP contribution in [-0.4, -0.2) is 10.1 Å². The highest BCUT2D eigenvalue weighted by Crippen LogP contribution is 2.26. The van der Waals surface area contributed by atoms with E-state index in [0.29, 0.717) is 10.6 Å². The van der Waals surface area contributed by atoms with E-state index < -0.39 is 0 Å². The van der Waals surface area contributed by atoms with E-state index in [2.05, 4.69) is 4.98 Å². The van der Waals surface area contributed by atoms with Gasteiger partial charge in [-0.25, -0.2) is 9.37 Å². The van der Waals surface area contributed by atoms with Crippen molar-refractivity contribution in [1.29, 1.82) is 0 Å². The molecule has 1 N–H and O–H groups in total. The van der Waals surface area contributed by atoms with Crippen LogP contribution in [-0.2, 0) is 12.4 Å². The van der Waals surface area contributed by atoms with Crippen molar-refractivity contribution in [2.24, 2.45) is 0 Å². The summed E-state index contributed by atoms with van der Waals surface area (Å²) < 4.78 is 13.3. The lowest BCUT2D eigenvalue weighted by Crippen LogP contribution is -1.81. The van der Waals surface area contributed by atoms with Crippen LogP contribution in [0.3, 0.4) is 0 Å². The topological polar surface area (TPSA) is 33.1 Å². The minimum absolute atomic E-state index is 0.0159. The van der Waals surface area contributed by atoms with Gasteiger partial charge in [-0.3, -0.25) is 0 Å². The summed E-state index contributed by atoms with van der Waals surface area (Å²) in [6.45, 7) is 0.0159. The first kappa shape index (κ1) is 11.6. The molecule has 0 radical (unpaired) electrons. The molecular formula is C11H10FNOS2. The molecular weight excluding hydrogens is 245 g/mol. The minimum Gasteiger partial charge on any atom is -0.391 e. The van der Waals surface area contributed by atoms with Gasteiger partial charge in [-0.05, 0) is 12.1 Å². The molecule has 0 saturated carbocycles. The summed E-state index contributed by atoms with van der Waals surface area (Å²) in [4.78, 5) is 5.61. The van der Waals surface area contributed by atoms with Gasteiger partial charge in [0, 0.05) is 11.1 Å². The largest absolute Gasteiger partial charge is 0.391 e. The zero-order chi connectivity index (χ0) is 11.4. The lowest BCUT2D eigenvalue weighted by atomic mass is 10.3. The van der Waals surface area contributed by atoms with Gasteiger partial charge < -0.3 is 5.11 Å². The van der Waals surface area contributed by atoms with Crippen molar-refractivity contribution in [2.45, 2.75) is 17.3 Å². The van der Waals surface area contributed by atoms with Crippen LogP contribution < -0.4 is 0 Å². The van der Waals surface area contributed by atoms with Crippen LogP contribution in [0.25, 0.3) is 0 Å². The molecule has 2 aromatic rings. The molecule has 0 unspecified atom stereocenters. The van der Waals surface area contributed by atoms with E-state index in [4.69, 9.17) is 5.11 Å². The number of aliphatic hydroxyl groups is 1. The van der Waals surface area contributed by atoms with Gasteiger partial charge in [-0.2, -0.15) is 0 Å². The molecule has 2 rings (SSSR count). The molecule has 1 heterocycles. The Kier molecular flexibility index (Phi) is 3.93. The first-order valence-electron chi connectivity index (χ1n) is 4.71. The van der Waals surface area contributed by atoms with E-state index in [9.17, 15) is 4.39 Å². The van der Waals surface area contributed by atoms with Crippen LogP contribution in [0.15, 0.2) is 35.4 Å². The zero-order valence-corrected chi connectivity index (χ0v) is 10.0. The highest BCUT2D eigenvalue weighted by atomic mass is 32.2. The highest BCUT2D eigenvalue weighted by Gasteiger charge is 2.05. The number of thiazole rings is 1. The fourth-order valence-corrected chi connectivity index (χ4v) is 2.91. The molecule has 0 amide bonds. The van der Waals surface area contributed by atoms with Crippen molar-refractivity contribution in [3.8, 4) is 0 Å². The first-order valence-corrected chi connectivity index (χ1v) is 6.51. The Morgan fingerprint density at radius 1 is 1.38 bits per heavy atom. The summed E-state index contributed by atoms with van der Waals surface area (Å²) in [5, 5.41) is 9.78. The van der Waals surface area contributed by atoms with E-state index in [1.54, 1.807) is 18.3 Å². The van der Waals surface area contributed by atoms with Gasteiger partial charge in [-0.15, -0.1) is 23.1 Å². The first-order chi connectivity index (χ1) is 7.79. The maximum Gasteiger partial charge on any atom is 0.136 e. The van der Waals surface area contributed by atoms with E-state index in [0.717, 1.165) is 9.88 Å². The van der Waals surface area contributed by atoms with Gasteiger partial charge in [0.05, 0.1) is 17.2 Å². The molecule has 0 aliphatic heterocycles. The Morgan fingerprint density at radius 3 is 2.88 bits per heavy atom. The molecule has 1 aromatic carbocycles. The molecule has 1 aromatic heterocycles. The number of rotatable bonds is 4. The predicted molar refractivity (Wildman–Crippen MR) is 64.0 cm³/mol. The normalized spacial score (nSPS) is 10.6. The highest BCUT2D eigenvalue weighted by molar-refractivity contribution is 7.98. The molecule has 0 fully saturated rings. The quantitative estimate of drug-likeness (QED) is 0.852. The molecule has 5 heteroatoms. The summed E-state index contributed by atoms with van der Waals surface area (Å²) in [6.07, 6.45) is 1.65. The molecule has 0 atom stereocenters. The molecule has 84 valence electrons. The smallest absolute Gasteiger partial charge is 0.136 e.